The predicted molar refractivity (Wildman–Crippen MR) is 89.0 cm³/mol. The van der Waals surface area contributed by atoms with Crippen LogP contribution in [0.25, 0.3) is 0 Å². The summed E-state index contributed by atoms with van der Waals surface area (Å²) in [5.41, 5.74) is 2.92. The number of hydrogen-bond acceptors (Lipinski definition) is 4. The van der Waals surface area contributed by atoms with E-state index < -0.39 is 18.2 Å². The van der Waals surface area contributed by atoms with E-state index in [0.29, 0.717) is 11.3 Å². The molecule has 1 aliphatic heterocycles. The van der Waals surface area contributed by atoms with Gasteiger partial charge in [-0.1, -0.05) is 59.6 Å². The van der Waals surface area contributed by atoms with Gasteiger partial charge in [-0.2, -0.15) is 0 Å². The number of nitrogens with one attached hydrogen (secondary N) is 1. The van der Waals surface area contributed by atoms with E-state index in [9.17, 15) is 9.90 Å². The van der Waals surface area contributed by atoms with Gasteiger partial charge in [0.15, 0.2) is 6.10 Å². The minimum atomic E-state index is -0.996. The molecule has 3 rings (SSSR count). The first-order chi connectivity index (χ1) is 11.1. The number of ether oxygens (including phenoxy) is 1. The number of anilines is 1. The maximum Gasteiger partial charge on any atom is 0.352 e. The van der Waals surface area contributed by atoms with Gasteiger partial charge in [0, 0.05) is 5.69 Å². The molecule has 1 aliphatic rings. The van der Waals surface area contributed by atoms with Crippen molar-refractivity contribution >= 4 is 23.3 Å². The molecule has 5 heteroatoms. The Morgan fingerprint density at radius 2 is 1.78 bits per heavy atom. The van der Waals surface area contributed by atoms with Crippen LogP contribution in [0.1, 0.15) is 17.2 Å². The molecular weight excluding hydrogens is 314 g/mol. The molecule has 0 saturated heterocycles. The number of rotatable bonds is 4. The maximum atomic E-state index is 11.8. The Labute approximate surface area is 139 Å². The first kappa shape index (κ1) is 15.6. The number of aryl methyl sites for hydroxylation is 1. The molecule has 118 valence electrons. The minimum Gasteiger partial charge on any atom is -0.448 e. The van der Waals surface area contributed by atoms with Gasteiger partial charge in [-0.15, -0.1) is 0 Å². The number of halogens is 1. The Morgan fingerprint density at radius 3 is 2.43 bits per heavy atom. The molecular formula is C18H16ClNO3. The van der Waals surface area contributed by atoms with Gasteiger partial charge < -0.3 is 15.2 Å². The van der Waals surface area contributed by atoms with E-state index in [1.807, 2.05) is 49.4 Å². The third-order valence-corrected chi connectivity index (χ3v) is 4.05. The summed E-state index contributed by atoms with van der Waals surface area (Å²) in [6.07, 6.45) is -1.86. The molecule has 2 aromatic carbocycles. The van der Waals surface area contributed by atoms with Crippen LogP contribution in [0.5, 0.6) is 0 Å². The molecule has 0 amide bonds. The van der Waals surface area contributed by atoms with Crippen LogP contribution in [0, 0.1) is 6.92 Å². The van der Waals surface area contributed by atoms with Gasteiger partial charge in [0.25, 0.3) is 0 Å². The highest BCUT2D eigenvalue weighted by Gasteiger charge is 2.38. The number of aliphatic hydroxyl groups excluding tert-OH is 1. The van der Waals surface area contributed by atoms with Crippen molar-refractivity contribution in [2.75, 3.05) is 5.32 Å². The van der Waals surface area contributed by atoms with Crippen molar-refractivity contribution in [3.05, 3.63) is 76.5 Å². The van der Waals surface area contributed by atoms with Gasteiger partial charge in [-0.25, -0.2) is 4.79 Å². The molecule has 2 N–H and O–H groups in total. The zero-order valence-corrected chi connectivity index (χ0v) is 13.2. The van der Waals surface area contributed by atoms with Crippen LogP contribution in [0.3, 0.4) is 0 Å². The fraction of sp³-hybridized carbons (Fsp3) is 0.167. The van der Waals surface area contributed by atoms with Gasteiger partial charge >= 0.3 is 5.97 Å². The maximum absolute atomic E-state index is 11.8. The molecule has 0 aliphatic carbocycles. The highest BCUT2D eigenvalue weighted by atomic mass is 35.5. The summed E-state index contributed by atoms with van der Waals surface area (Å²) in [5.74, 6) is -0.638. The molecule has 0 aromatic heterocycles. The smallest absolute Gasteiger partial charge is 0.352 e. The van der Waals surface area contributed by atoms with E-state index in [0.717, 1.165) is 11.3 Å². The van der Waals surface area contributed by atoms with E-state index in [-0.39, 0.29) is 5.03 Å². The van der Waals surface area contributed by atoms with Crippen LogP contribution in [-0.4, -0.2) is 17.2 Å². The molecule has 4 nitrogen and oxygen atoms in total. The van der Waals surface area contributed by atoms with E-state index in [2.05, 4.69) is 5.32 Å². The molecule has 23 heavy (non-hydrogen) atoms. The van der Waals surface area contributed by atoms with Gasteiger partial charge in [0.1, 0.15) is 11.1 Å². The Morgan fingerprint density at radius 1 is 1.13 bits per heavy atom. The third-order valence-electron chi connectivity index (χ3n) is 3.69. The minimum absolute atomic E-state index is 0.0365. The normalized spacial score (nSPS) is 18.7. The Kier molecular flexibility index (Phi) is 4.37. The predicted octanol–water partition coefficient (Wildman–Crippen LogP) is 3.52. The second kappa shape index (κ2) is 6.44. The van der Waals surface area contributed by atoms with Crippen molar-refractivity contribution < 1.29 is 14.6 Å². The van der Waals surface area contributed by atoms with Crippen LogP contribution in [0.4, 0.5) is 5.69 Å². The lowest BCUT2D eigenvalue weighted by atomic mass is 10.0. The Balaban J connectivity index is 1.88. The molecule has 1 heterocycles. The quantitative estimate of drug-likeness (QED) is 0.843. The average Bonchev–Trinajstić information content (AvgIpc) is 2.85. The van der Waals surface area contributed by atoms with Crippen LogP contribution in [0.15, 0.2) is 65.3 Å². The monoisotopic (exact) mass is 329 g/mol. The van der Waals surface area contributed by atoms with Gasteiger partial charge in [0.05, 0.1) is 5.70 Å². The SMILES string of the molecule is Cc1ccc(NC2=C(Cl)C(=O)O[C@H]2[C@@H](O)c2ccccc2)cc1. The number of carbonyl (C=O) groups excluding carboxylic acids is 1. The molecule has 0 fully saturated rings. The van der Waals surface area contributed by atoms with E-state index in [1.165, 1.54) is 0 Å². The molecule has 0 unspecified atom stereocenters. The zero-order chi connectivity index (χ0) is 16.4. The lowest BCUT2D eigenvalue weighted by molar-refractivity contribution is -0.143. The average molecular weight is 330 g/mol. The van der Waals surface area contributed by atoms with Crippen LogP contribution < -0.4 is 5.32 Å². The summed E-state index contributed by atoms with van der Waals surface area (Å²) in [4.78, 5) is 11.8. The number of hydrogen-bond donors (Lipinski definition) is 2. The number of aliphatic hydroxyl groups is 1. The van der Waals surface area contributed by atoms with Crippen LogP contribution in [0.2, 0.25) is 0 Å². The van der Waals surface area contributed by atoms with Crippen LogP contribution >= 0.6 is 11.6 Å². The summed E-state index contributed by atoms with van der Waals surface area (Å²) < 4.78 is 5.24. The topological polar surface area (TPSA) is 58.6 Å². The molecule has 0 saturated carbocycles. The van der Waals surface area contributed by atoms with Crippen molar-refractivity contribution in [2.24, 2.45) is 0 Å². The zero-order valence-electron chi connectivity index (χ0n) is 12.5. The van der Waals surface area contributed by atoms with E-state index in [4.69, 9.17) is 16.3 Å². The second-order valence-corrected chi connectivity index (χ2v) is 5.78. The highest BCUT2D eigenvalue weighted by molar-refractivity contribution is 6.42. The van der Waals surface area contributed by atoms with E-state index in [1.54, 1.807) is 12.1 Å². The number of esters is 1. The fourth-order valence-corrected chi connectivity index (χ4v) is 2.63. The summed E-state index contributed by atoms with van der Waals surface area (Å²) in [6.45, 7) is 1.99. The van der Waals surface area contributed by atoms with Crippen molar-refractivity contribution in [3.63, 3.8) is 0 Å². The van der Waals surface area contributed by atoms with E-state index >= 15 is 0 Å². The number of cyclic esters (lactones) is 1. The standard InChI is InChI=1S/C18H16ClNO3/c1-11-7-9-13(10-8-11)20-15-14(19)18(22)23-17(15)16(21)12-5-3-2-4-6-12/h2-10,16-17,20-21H,1H3/t16-,17+/m0/s1. The van der Waals surface area contributed by atoms with Gasteiger partial charge in [-0.05, 0) is 24.6 Å². The lowest BCUT2D eigenvalue weighted by Gasteiger charge is -2.21. The summed E-state index contributed by atoms with van der Waals surface area (Å²) >= 11 is 6.07. The Hall–Kier alpha value is -2.30. The highest BCUT2D eigenvalue weighted by Crippen LogP contribution is 2.34. The van der Waals surface area contributed by atoms with Crippen molar-refractivity contribution in [1.82, 2.24) is 0 Å². The molecule has 0 bridgehead atoms. The molecule has 0 spiro atoms. The van der Waals surface area contributed by atoms with Gasteiger partial charge in [-0.3, -0.25) is 0 Å². The van der Waals surface area contributed by atoms with Gasteiger partial charge in [0.2, 0.25) is 0 Å². The summed E-state index contributed by atoms with van der Waals surface area (Å²) in [7, 11) is 0. The number of benzene rings is 2. The summed E-state index contributed by atoms with van der Waals surface area (Å²) in [5, 5.41) is 13.6. The van der Waals surface area contributed by atoms with Crippen molar-refractivity contribution in [3.8, 4) is 0 Å². The Bertz CT molecular complexity index is 741. The fourth-order valence-electron chi connectivity index (χ4n) is 2.43. The molecule has 0 radical (unpaired) electrons. The molecule has 2 aromatic rings. The number of carbonyl (C=O) groups is 1. The van der Waals surface area contributed by atoms with Crippen molar-refractivity contribution in [1.29, 1.82) is 0 Å². The summed E-state index contributed by atoms with van der Waals surface area (Å²) in [6, 6.07) is 16.7. The largest absolute Gasteiger partial charge is 0.448 e. The first-order valence-corrected chi connectivity index (χ1v) is 7.61. The third kappa shape index (κ3) is 3.23. The van der Waals surface area contributed by atoms with Crippen molar-refractivity contribution in [2.45, 2.75) is 19.1 Å². The first-order valence-electron chi connectivity index (χ1n) is 7.23. The molecule has 2 atom stereocenters. The lowest BCUT2D eigenvalue weighted by Crippen LogP contribution is -2.25. The second-order valence-electron chi connectivity index (χ2n) is 5.40. The van der Waals surface area contributed by atoms with Crippen LogP contribution in [-0.2, 0) is 9.53 Å².